The Balaban J connectivity index is 1.53. The van der Waals surface area contributed by atoms with E-state index in [1.165, 1.54) is 0 Å². The predicted octanol–water partition coefficient (Wildman–Crippen LogP) is 0.155. The minimum absolute atomic E-state index is 0.135. The number of aromatic nitrogens is 3. The largest absolute Gasteiger partial charge is 0.389 e. The summed E-state index contributed by atoms with van der Waals surface area (Å²) in [7, 11) is 0. The van der Waals surface area contributed by atoms with E-state index < -0.39 is 12.4 Å². The summed E-state index contributed by atoms with van der Waals surface area (Å²) in [5, 5.41) is 17.0. The van der Waals surface area contributed by atoms with E-state index in [1.807, 2.05) is 16.1 Å². The molecule has 5 atom stereocenters. The van der Waals surface area contributed by atoms with Gasteiger partial charge in [0, 0.05) is 30.5 Å². The van der Waals surface area contributed by atoms with Gasteiger partial charge < -0.3 is 24.5 Å². The third-order valence-corrected chi connectivity index (χ3v) is 4.75. The van der Waals surface area contributed by atoms with Crippen LogP contribution in [0, 0.1) is 0 Å². The van der Waals surface area contributed by atoms with E-state index in [4.69, 9.17) is 9.47 Å². The molecule has 2 saturated heterocycles. The lowest BCUT2D eigenvalue weighted by Crippen LogP contribution is -2.57. The molecular weight excluding hydrogens is 292 g/mol. The van der Waals surface area contributed by atoms with Gasteiger partial charge in [0.05, 0.1) is 25.1 Å². The van der Waals surface area contributed by atoms with Crippen LogP contribution in [0.1, 0.15) is 11.0 Å². The molecule has 2 aromatic rings. The average molecular weight is 308 g/mol. The van der Waals surface area contributed by atoms with Gasteiger partial charge in [0.1, 0.15) is 17.2 Å². The second-order valence-electron chi connectivity index (χ2n) is 5.20. The minimum atomic E-state index is -0.606. The van der Waals surface area contributed by atoms with Crippen LogP contribution in [0.15, 0.2) is 30.3 Å². The molecular formula is C13H16N4O3S. The summed E-state index contributed by atoms with van der Waals surface area (Å²) in [5.74, 6) is 0. The quantitative estimate of drug-likeness (QED) is 0.837. The zero-order valence-corrected chi connectivity index (χ0v) is 12.0. The molecule has 0 spiro atoms. The molecule has 0 radical (unpaired) electrons. The van der Waals surface area contributed by atoms with E-state index in [0.29, 0.717) is 13.2 Å². The van der Waals surface area contributed by atoms with Crippen LogP contribution in [0.2, 0.25) is 0 Å². The van der Waals surface area contributed by atoms with Crippen molar-refractivity contribution in [1.82, 2.24) is 19.9 Å². The Hall–Kier alpha value is -1.32. The second kappa shape index (κ2) is 5.47. The first-order chi connectivity index (χ1) is 10.3. The number of rotatable bonds is 4. The van der Waals surface area contributed by atoms with Gasteiger partial charge in [-0.1, -0.05) is 0 Å². The number of hydrogen-bond donors (Lipinski definition) is 2. The highest BCUT2D eigenvalue weighted by atomic mass is 32.1. The molecule has 4 rings (SSSR count). The van der Waals surface area contributed by atoms with Crippen molar-refractivity contribution in [3.05, 3.63) is 35.3 Å². The molecule has 0 amide bonds. The van der Waals surface area contributed by atoms with Gasteiger partial charge in [0.15, 0.2) is 6.29 Å². The summed E-state index contributed by atoms with van der Waals surface area (Å²) in [4.78, 5) is 8.28. The van der Waals surface area contributed by atoms with Crippen molar-refractivity contribution < 1.29 is 14.6 Å². The van der Waals surface area contributed by atoms with Crippen LogP contribution in [-0.4, -0.2) is 50.8 Å². The van der Waals surface area contributed by atoms with E-state index in [-0.39, 0.29) is 18.2 Å². The normalized spacial score (nSPS) is 35.2. The number of nitrogens with one attached hydrogen (secondary N) is 1. The maximum Gasteiger partial charge on any atom is 0.181 e. The topological polar surface area (TPSA) is 81.4 Å². The highest BCUT2D eigenvalue weighted by Crippen LogP contribution is 2.35. The third-order valence-electron chi connectivity index (χ3n) is 3.97. The second-order valence-corrected chi connectivity index (χ2v) is 6.18. The van der Waals surface area contributed by atoms with E-state index in [2.05, 4.69) is 15.3 Å². The molecule has 0 aliphatic carbocycles. The van der Waals surface area contributed by atoms with Gasteiger partial charge in [-0.3, -0.25) is 0 Å². The number of ether oxygens (including phenoxy) is 2. The van der Waals surface area contributed by atoms with Crippen LogP contribution in [0.3, 0.4) is 0 Å². The van der Waals surface area contributed by atoms with Crippen LogP contribution in [0.25, 0.3) is 0 Å². The van der Waals surface area contributed by atoms with Crippen LogP contribution in [0.4, 0.5) is 0 Å². The van der Waals surface area contributed by atoms with Crippen LogP contribution < -0.4 is 5.32 Å². The zero-order valence-electron chi connectivity index (χ0n) is 11.2. The molecule has 0 saturated carbocycles. The molecule has 2 aromatic heterocycles. The Morgan fingerprint density at radius 2 is 2.43 bits per heavy atom. The van der Waals surface area contributed by atoms with Gasteiger partial charge in [-0.2, -0.15) is 0 Å². The molecule has 4 heterocycles. The van der Waals surface area contributed by atoms with E-state index >= 15 is 0 Å². The fourth-order valence-electron chi connectivity index (χ4n) is 2.96. The summed E-state index contributed by atoms with van der Waals surface area (Å²) in [6.07, 6.45) is 5.80. The van der Waals surface area contributed by atoms with Crippen molar-refractivity contribution in [1.29, 1.82) is 0 Å². The van der Waals surface area contributed by atoms with Gasteiger partial charge in [-0.15, -0.1) is 11.3 Å². The highest BCUT2D eigenvalue weighted by Gasteiger charge is 2.50. The summed E-state index contributed by atoms with van der Waals surface area (Å²) >= 11 is 1.59. The number of thiazole rings is 1. The number of aliphatic hydroxyl groups excluding tert-OH is 1. The first-order valence-electron chi connectivity index (χ1n) is 6.87. The molecule has 2 bridgehead atoms. The van der Waals surface area contributed by atoms with Gasteiger partial charge in [0.2, 0.25) is 0 Å². The zero-order chi connectivity index (χ0) is 14.2. The predicted molar refractivity (Wildman–Crippen MR) is 74.6 cm³/mol. The Labute approximate surface area is 125 Å². The number of imidazole rings is 1. The first kappa shape index (κ1) is 13.4. The van der Waals surface area contributed by atoms with Gasteiger partial charge in [0.25, 0.3) is 0 Å². The van der Waals surface area contributed by atoms with Crippen molar-refractivity contribution in [3.63, 3.8) is 0 Å². The molecule has 2 aliphatic heterocycles. The number of nitrogens with zero attached hydrogens (tertiary/aromatic N) is 3. The SMILES string of the molecule is O[C@H]1[C@H](NCc2nccs2)[C@H]2CO[C@H](O2)[C@@H]1n1ccnc1. The van der Waals surface area contributed by atoms with E-state index in [9.17, 15) is 5.11 Å². The minimum Gasteiger partial charge on any atom is -0.389 e. The standard InChI is InChI=1S/C13H16N4O3S/c18-12-10(16-5-9-15-2-4-21-9)8-6-19-13(20-8)11(12)17-3-1-14-7-17/h1-4,7-8,10-13,16,18H,5-6H2/t8-,10-,11-,12+,13-/m1/s1. The average Bonchev–Trinajstić information content (AvgIpc) is 3.20. The van der Waals surface area contributed by atoms with Crippen LogP contribution in [0.5, 0.6) is 0 Å². The maximum absolute atomic E-state index is 10.7. The molecule has 0 unspecified atom stereocenters. The molecule has 8 heteroatoms. The fourth-order valence-corrected chi connectivity index (χ4v) is 3.53. The lowest BCUT2D eigenvalue weighted by molar-refractivity contribution is -0.165. The smallest absolute Gasteiger partial charge is 0.181 e. The lowest BCUT2D eigenvalue weighted by Gasteiger charge is -2.39. The fraction of sp³-hybridized carbons (Fsp3) is 0.538. The molecule has 7 nitrogen and oxygen atoms in total. The summed E-state index contributed by atoms with van der Waals surface area (Å²) in [6.45, 7) is 1.10. The summed E-state index contributed by atoms with van der Waals surface area (Å²) in [6, 6.07) is -0.486. The first-order valence-corrected chi connectivity index (χ1v) is 7.75. The highest BCUT2D eigenvalue weighted by molar-refractivity contribution is 7.09. The van der Waals surface area contributed by atoms with E-state index in [1.54, 1.807) is 30.1 Å². The Bertz CT molecular complexity index is 576. The van der Waals surface area contributed by atoms with Crippen LogP contribution >= 0.6 is 11.3 Å². The van der Waals surface area contributed by atoms with Gasteiger partial charge in [-0.05, 0) is 0 Å². The van der Waals surface area contributed by atoms with Crippen LogP contribution in [-0.2, 0) is 16.0 Å². The molecule has 0 aromatic carbocycles. The monoisotopic (exact) mass is 308 g/mol. The van der Waals surface area contributed by atoms with Gasteiger partial charge in [-0.25, -0.2) is 9.97 Å². The Morgan fingerprint density at radius 1 is 1.48 bits per heavy atom. The third kappa shape index (κ3) is 2.39. The number of fused-ring (bicyclic) bond motifs is 2. The number of aliphatic hydroxyl groups is 1. The van der Waals surface area contributed by atoms with Crippen molar-refractivity contribution in [2.45, 2.75) is 37.1 Å². The van der Waals surface area contributed by atoms with Crippen molar-refractivity contribution in [2.75, 3.05) is 6.61 Å². The molecule has 2 fully saturated rings. The number of hydrogen-bond acceptors (Lipinski definition) is 7. The summed E-state index contributed by atoms with van der Waals surface area (Å²) in [5.41, 5.74) is 0. The molecule has 2 aliphatic rings. The maximum atomic E-state index is 10.7. The Morgan fingerprint density at radius 3 is 3.19 bits per heavy atom. The van der Waals surface area contributed by atoms with Crippen molar-refractivity contribution in [3.8, 4) is 0 Å². The molecule has 112 valence electrons. The molecule has 21 heavy (non-hydrogen) atoms. The summed E-state index contributed by atoms with van der Waals surface area (Å²) < 4.78 is 13.4. The molecule has 2 N–H and O–H groups in total. The van der Waals surface area contributed by atoms with Crippen molar-refractivity contribution in [2.24, 2.45) is 0 Å². The lowest BCUT2D eigenvalue weighted by atomic mass is 9.96. The van der Waals surface area contributed by atoms with Crippen molar-refractivity contribution >= 4 is 11.3 Å². The Kier molecular flexibility index (Phi) is 3.48. The van der Waals surface area contributed by atoms with Gasteiger partial charge >= 0.3 is 0 Å². The van der Waals surface area contributed by atoms with E-state index in [0.717, 1.165) is 5.01 Å².